The van der Waals surface area contributed by atoms with Gasteiger partial charge in [-0.2, -0.15) is 0 Å². The number of imidazole rings is 1. The first-order chi connectivity index (χ1) is 19.3. The van der Waals surface area contributed by atoms with E-state index in [0.717, 1.165) is 36.3 Å². The molecule has 212 valence electrons. The molecule has 3 aromatic rings. The number of aryl methyl sites for hydroxylation is 2. The molecule has 1 heterocycles. The summed E-state index contributed by atoms with van der Waals surface area (Å²) in [6.07, 6.45) is 24.5. The summed E-state index contributed by atoms with van der Waals surface area (Å²) >= 11 is 0. The number of rotatable bonds is 21. The maximum atomic E-state index is 12.2. The van der Waals surface area contributed by atoms with E-state index >= 15 is 0 Å². The van der Waals surface area contributed by atoms with E-state index in [1.165, 1.54) is 95.4 Å². The van der Waals surface area contributed by atoms with Crippen molar-refractivity contribution >= 4 is 23.0 Å². The highest BCUT2D eigenvalue weighted by Gasteiger charge is 2.10. The largest absolute Gasteiger partial charge is 0.353 e. The Hall–Kier alpha value is -2.88. The van der Waals surface area contributed by atoms with Crippen molar-refractivity contribution in [3.8, 4) is 0 Å². The monoisotopic (exact) mass is 529 g/mol. The number of nitrogens with one attached hydrogen (secondary N) is 1. The third-order valence-electron chi connectivity index (χ3n) is 7.57. The summed E-state index contributed by atoms with van der Waals surface area (Å²) in [5.74, 6) is 1.09. The second kappa shape index (κ2) is 19.2. The molecule has 0 aliphatic heterocycles. The van der Waals surface area contributed by atoms with Gasteiger partial charge in [-0.25, -0.2) is 4.98 Å². The molecular weight excluding hydrogens is 478 g/mol. The van der Waals surface area contributed by atoms with E-state index in [0.29, 0.717) is 6.54 Å². The number of hydrogen-bond donors (Lipinski definition) is 1. The van der Waals surface area contributed by atoms with E-state index in [9.17, 15) is 4.79 Å². The van der Waals surface area contributed by atoms with E-state index < -0.39 is 0 Å². The van der Waals surface area contributed by atoms with Gasteiger partial charge < -0.3 is 9.88 Å². The maximum Gasteiger partial charge on any atom is 0.243 e. The molecule has 1 N–H and O–H groups in total. The van der Waals surface area contributed by atoms with Gasteiger partial charge in [0.1, 0.15) is 5.82 Å². The number of carbonyl (C=O) groups is 1. The maximum absolute atomic E-state index is 12.2. The lowest BCUT2D eigenvalue weighted by Gasteiger charge is -2.10. The molecule has 0 spiro atoms. The molecule has 0 aliphatic rings. The van der Waals surface area contributed by atoms with Gasteiger partial charge >= 0.3 is 0 Å². The number of unbranched alkanes of at least 4 members (excludes halogenated alkanes) is 13. The van der Waals surface area contributed by atoms with Gasteiger partial charge in [-0.3, -0.25) is 4.79 Å². The minimum Gasteiger partial charge on any atom is -0.353 e. The average Bonchev–Trinajstić information content (AvgIpc) is 3.32. The van der Waals surface area contributed by atoms with Gasteiger partial charge in [-0.1, -0.05) is 133 Å². The molecule has 39 heavy (non-hydrogen) atoms. The number of amides is 1. The Morgan fingerprint density at radius 3 is 2.00 bits per heavy atom. The fraction of sp³-hybridized carbons (Fsp3) is 0.543. The van der Waals surface area contributed by atoms with Gasteiger partial charge in [0.2, 0.25) is 5.91 Å². The van der Waals surface area contributed by atoms with Crippen LogP contribution < -0.4 is 5.32 Å². The fourth-order valence-electron chi connectivity index (χ4n) is 5.28. The van der Waals surface area contributed by atoms with Gasteiger partial charge in [0.05, 0.1) is 11.0 Å². The molecule has 0 atom stereocenters. The number of para-hydroxylation sites is 2. The van der Waals surface area contributed by atoms with Gasteiger partial charge in [-0.15, -0.1) is 0 Å². The van der Waals surface area contributed by atoms with Gasteiger partial charge in [0, 0.05) is 25.6 Å². The van der Waals surface area contributed by atoms with E-state index in [4.69, 9.17) is 4.98 Å². The molecule has 0 saturated carbocycles. The van der Waals surface area contributed by atoms with Crippen LogP contribution in [-0.2, 0) is 17.8 Å². The molecule has 0 radical (unpaired) electrons. The van der Waals surface area contributed by atoms with Crippen LogP contribution >= 0.6 is 0 Å². The fourth-order valence-corrected chi connectivity index (χ4v) is 5.28. The summed E-state index contributed by atoms with van der Waals surface area (Å²) in [5.41, 5.74) is 3.34. The van der Waals surface area contributed by atoms with Crippen molar-refractivity contribution in [3.05, 3.63) is 72.1 Å². The van der Waals surface area contributed by atoms with Crippen LogP contribution in [0.25, 0.3) is 17.1 Å². The van der Waals surface area contributed by atoms with Crippen LogP contribution in [0.4, 0.5) is 0 Å². The Kier molecular flexibility index (Phi) is 15.1. The first-order valence-electron chi connectivity index (χ1n) is 15.7. The standard InChI is InChI=1S/C35H51N3O/c1-2-3-4-5-6-7-8-9-10-11-12-13-14-20-30-38-33-25-19-18-24-32(33)37-34(38)26-21-29-36-35(39)28-27-31-22-16-15-17-23-31/h15-19,22-25,27-28H,2-14,20-21,26,29-30H2,1H3,(H,36,39)/b28-27+. The van der Waals surface area contributed by atoms with Crippen molar-refractivity contribution < 1.29 is 4.79 Å². The molecule has 4 nitrogen and oxygen atoms in total. The lowest BCUT2D eigenvalue weighted by Crippen LogP contribution is -2.22. The second-order valence-corrected chi connectivity index (χ2v) is 10.9. The van der Waals surface area contributed by atoms with Crippen molar-refractivity contribution in [2.24, 2.45) is 0 Å². The van der Waals surface area contributed by atoms with E-state index in [2.05, 4.69) is 41.1 Å². The quantitative estimate of drug-likeness (QED) is 0.110. The van der Waals surface area contributed by atoms with E-state index in [1.54, 1.807) is 6.08 Å². The normalized spacial score (nSPS) is 11.5. The predicted molar refractivity (Wildman–Crippen MR) is 167 cm³/mol. The number of hydrogen-bond acceptors (Lipinski definition) is 2. The molecule has 4 heteroatoms. The van der Waals surface area contributed by atoms with Crippen LogP contribution in [0.1, 0.15) is 115 Å². The second-order valence-electron chi connectivity index (χ2n) is 10.9. The molecule has 0 unspecified atom stereocenters. The zero-order valence-electron chi connectivity index (χ0n) is 24.4. The predicted octanol–water partition coefficient (Wildman–Crippen LogP) is 9.28. The SMILES string of the molecule is CCCCCCCCCCCCCCCCn1c(CCCNC(=O)/C=C/c2ccccc2)nc2ccccc21. The molecule has 0 saturated heterocycles. The smallest absolute Gasteiger partial charge is 0.243 e. The van der Waals surface area contributed by atoms with Crippen molar-refractivity contribution in [2.45, 2.75) is 116 Å². The van der Waals surface area contributed by atoms with Crippen LogP contribution in [0.2, 0.25) is 0 Å². The molecule has 0 aliphatic carbocycles. The minimum absolute atomic E-state index is 0.0465. The molecular formula is C35H51N3O. The highest BCUT2D eigenvalue weighted by Crippen LogP contribution is 2.19. The third-order valence-corrected chi connectivity index (χ3v) is 7.57. The molecule has 0 fully saturated rings. The van der Waals surface area contributed by atoms with Crippen LogP contribution in [0.5, 0.6) is 0 Å². The summed E-state index contributed by atoms with van der Waals surface area (Å²) in [6.45, 7) is 3.97. The highest BCUT2D eigenvalue weighted by atomic mass is 16.1. The molecule has 2 aromatic carbocycles. The zero-order chi connectivity index (χ0) is 27.4. The van der Waals surface area contributed by atoms with Gasteiger partial charge in [0.15, 0.2) is 0 Å². The van der Waals surface area contributed by atoms with Crippen LogP contribution in [0.15, 0.2) is 60.7 Å². The van der Waals surface area contributed by atoms with Crippen LogP contribution in [0, 0.1) is 0 Å². The lowest BCUT2D eigenvalue weighted by atomic mass is 10.0. The van der Waals surface area contributed by atoms with E-state index in [-0.39, 0.29) is 5.91 Å². The highest BCUT2D eigenvalue weighted by molar-refractivity contribution is 5.91. The summed E-state index contributed by atoms with van der Waals surface area (Å²) < 4.78 is 2.41. The van der Waals surface area contributed by atoms with Crippen molar-refractivity contribution in [1.82, 2.24) is 14.9 Å². The topological polar surface area (TPSA) is 46.9 Å². The number of aromatic nitrogens is 2. The molecule has 0 bridgehead atoms. The first kappa shape index (κ1) is 30.7. The number of carbonyl (C=O) groups excluding carboxylic acids is 1. The number of benzene rings is 2. The first-order valence-corrected chi connectivity index (χ1v) is 15.7. The van der Waals surface area contributed by atoms with Crippen molar-refractivity contribution in [1.29, 1.82) is 0 Å². The Balaban J connectivity index is 1.30. The Morgan fingerprint density at radius 2 is 1.33 bits per heavy atom. The van der Waals surface area contributed by atoms with Crippen LogP contribution in [0.3, 0.4) is 0 Å². The molecule has 1 amide bonds. The van der Waals surface area contributed by atoms with Crippen molar-refractivity contribution in [3.63, 3.8) is 0 Å². The number of fused-ring (bicyclic) bond motifs is 1. The third kappa shape index (κ3) is 12.2. The molecule has 3 rings (SSSR count). The Bertz CT molecular complexity index is 1090. The lowest BCUT2D eigenvalue weighted by molar-refractivity contribution is -0.116. The summed E-state index contributed by atoms with van der Waals surface area (Å²) in [5, 5.41) is 3.01. The van der Waals surface area contributed by atoms with Gasteiger partial charge in [-0.05, 0) is 36.6 Å². The Morgan fingerprint density at radius 1 is 0.744 bits per heavy atom. The molecule has 1 aromatic heterocycles. The summed E-state index contributed by atoms with van der Waals surface area (Å²) in [4.78, 5) is 17.1. The van der Waals surface area contributed by atoms with Gasteiger partial charge in [0.25, 0.3) is 0 Å². The van der Waals surface area contributed by atoms with Crippen LogP contribution in [-0.4, -0.2) is 22.0 Å². The summed E-state index contributed by atoms with van der Waals surface area (Å²) in [6, 6.07) is 18.4. The van der Waals surface area contributed by atoms with Crippen molar-refractivity contribution in [2.75, 3.05) is 6.54 Å². The minimum atomic E-state index is -0.0465. The zero-order valence-corrected chi connectivity index (χ0v) is 24.4. The van der Waals surface area contributed by atoms with E-state index in [1.807, 2.05) is 36.4 Å². The number of nitrogens with zero attached hydrogens (tertiary/aromatic N) is 2. The Labute approximate surface area is 237 Å². The average molecular weight is 530 g/mol. The summed E-state index contributed by atoms with van der Waals surface area (Å²) in [7, 11) is 0.